The fourth-order valence-electron chi connectivity index (χ4n) is 3.73. The standard InChI is InChI=1S/C20H19N3O/c1-13-10-16-11-15(17-12-22-9-3-2-4-19(22)21-17)7-8-18(16)23(13)20(24)14-5-6-14/h2-4,7-9,11-14H,5-6,10H2,1H3/t13-/m1/s1. The summed E-state index contributed by atoms with van der Waals surface area (Å²) in [5, 5.41) is 0. The summed E-state index contributed by atoms with van der Waals surface area (Å²) >= 11 is 0. The second kappa shape index (κ2) is 4.94. The topological polar surface area (TPSA) is 37.6 Å². The molecule has 4 nitrogen and oxygen atoms in total. The first-order chi connectivity index (χ1) is 11.7. The van der Waals surface area contributed by atoms with Crippen molar-refractivity contribution in [3.63, 3.8) is 0 Å². The predicted molar refractivity (Wildman–Crippen MR) is 94.0 cm³/mol. The molecule has 2 aliphatic rings. The molecule has 4 heteroatoms. The van der Waals surface area contributed by atoms with Gasteiger partial charge in [0.05, 0.1) is 5.69 Å². The van der Waals surface area contributed by atoms with Gasteiger partial charge in [0.2, 0.25) is 5.91 Å². The number of amides is 1. The van der Waals surface area contributed by atoms with Gasteiger partial charge in [-0.3, -0.25) is 4.79 Å². The summed E-state index contributed by atoms with van der Waals surface area (Å²) in [4.78, 5) is 19.3. The van der Waals surface area contributed by atoms with Crippen molar-refractivity contribution < 1.29 is 4.79 Å². The second-order valence-corrected chi connectivity index (χ2v) is 6.97. The number of benzene rings is 1. The van der Waals surface area contributed by atoms with Crippen molar-refractivity contribution in [2.24, 2.45) is 5.92 Å². The largest absolute Gasteiger partial charge is 0.309 e. The first kappa shape index (κ1) is 13.8. The molecule has 3 heterocycles. The Kier molecular flexibility index (Phi) is 2.84. The van der Waals surface area contributed by atoms with Crippen LogP contribution in [0.25, 0.3) is 16.9 Å². The average molecular weight is 317 g/mol. The summed E-state index contributed by atoms with van der Waals surface area (Å²) < 4.78 is 2.04. The van der Waals surface area contributed by atoms with Gasteiger partial charge in [-0.1, -0.05) is 12.1 Å². The van der Waals surface area contributed by atoms with Crippen LogP contribution in [0.4, 0.5) is 5.69 Å². The number of carbonyl (C=O) groups is 1. The smallest absolute Gasteiger partial charge is 0.230 e. The van der Waals surface area contributed by atoms with E-state index >= 15 is 0 Å². The summed E-state index contributed by atoms with van der Waals surface area (Å²) in [6, 6.07) is 12.7. The van der Waals surface area contributed by atoms with Gasteiger partial charge in [-0.15, -0.1) is 0 Å². The fraction of sp³-hybridized carbons (Fsp3) is 0.300. The number of rotatable bonds is 2. The molecule has 5 rings (SSSR count). The first-order valence-corrected chi connectivity index (χ1v) is 8.61. The highest BCUT2D eigenvalue weighted by atomic mass is 16.2. The van der Waals surface area contributed by atoms with Gasteiger partial charge >= 0.3 is 0 Å². The zero-order valence-corrected chi connectivity index (χ0v) is 13.6. The van der Waals surface area contributed by atoms with Gasteiger partial charge in [-0.25, -0.2) is 4.98 Å². The van der Waals surface area contributed by atoms with Gasteiger partial charge in [-0.05, 0) is 56.0 Å². The molecule has 1 aromatic carbocycles. The number of anilines is 1. The Balaban J connectivity index is 1.54. The second-order valence-electron chi connectivity index (χ2n) is 6.97. The number of carbonyl (C=O) groups excluding carboxylic acids is 1. The minimum absolute atomic E-state index is 0.254. The number of imidazole rings is 1. The van der Waals surface area contributed by atoms with E-state index in [0.29, 0.717) is 5.91 Å². The minimum atomic E-state index is 0.254. The van der Waals surface area contributed by atoms with Crippen molar-refractivity contribution in [3.8, 4) is 11.3 Å². The van der Waals surface area contributed by atoms with E-state index < -0.39 is 0 Å². The number of hydrogen-bond donors (Lipinski definition) is 0. The minimum Gasteiger partial charge on any atom is -0.309 e. The SMILES string of the molecule is C[C@@H]1Cc2cc(-c3cn4ccccc4n3)ccc2N1C(=O)C1CC1. The van der Waals surface area contributed by atoms with Crippen LogP contribution in [0.2, 0.25) is 0 Å². The van der Waals surface area contributed by atoms with Crippen molar-refractivity contribution in [2.45, 2.75) is 32.2 Å². The highest BCUT2D eigenvalue weighted by Crippen LogP contribution is 2.40. The van der Waals surface area contributed by atoms with Gasteiger partial charge < -0.3 is 9.30 Å². The molecule has 0 radical (unpaired) electrons. The maximum atomic E-state index is 12.6. The van der Waals surface area contributed by atoms with E-state index in [4.69, 9.17) is 4.98 Å². The van der Waals surface area contributed by atoms with Gasteiger partial charge in [-0.2, -0.15) is 0 Å². The third kappa shape index (κ3) is 2.06. The molecule has 0 saturated heterocycles. The van der Waals surface area contributed by atoms with Crippen LogP contribution >= 0.6 is 0 Å². The Bertz CT molecular complexity index is 921. The highest BCUT2D eigenvalue weighted by Gasteiger charge is 2.39. The van der Waals surface area contributed by atoms with Crippen molar-refractivity contribution in [2.75, 3.05) is 4.90 Å². The van der Waals surface area contributed by atoms with E-state index in [1.807, 2.05) is 33.7 Å². The van der Waals surface area contributed by atoms with Gasteiger partial charge in [0.15, 0.2) is 0 Å². The van der Waals surface area contributed by atoms with Crippen LogP contribution in [0.15, 0.2) is 48.8 Å². The quantitative estimate of drug-likeness (QED) is 0.723. The zero-order valence-electron chi connectivity index (χ0n) is 13.6. The highest BCUT2D eigenvalue weighted by molar-refractivity contribution is 5.99. The Morgan fingerprint density at radius 1 is 1.21 bits per heavy atom. The number of fused-ring (bicyclic) bond motifs is 2. The van der Waals surface area contributed by atoms with Crippen molar-refractivity contribution >= 4 is 17.2 Å². The van der Waals surface area contributed by atoms with Crippen molar-refractivity contribution in [3.05, 3.63) is 54.4 Å². The maximum Gasteiger partial charge on any atom is 0.230 e. The molecular weight excluding hydrogens is 298 g/mol. The third-order valence-corrected chi connectivity index (χ3v) is 5.12. The van der Waals surface area contributed by atoms with Crippen molar-refractivity contribution in [1.29, 1.82) is 0 Å². The molecule has 1 saturated carbocycles. The van der Waals surface area contributed by atoms with Crippen LogP contribution in [0.1, 0.15) is 25.3 Å². The number of nitrogens with zero attached hydrogens (tertiary/aromatic N) is 3. The third-order valence-electron chi connectivity index (χ3n) is 5.12. The van der Waals surface area contributed by atoms with E-state index in [0.717, 1.165) is 41.9 Å². The Hall–Kier alpha value is -2.62. The molecule has 0 spiro atoms. The van der Waals surface area contributed by atoms with Crippen LogP contribution in [0.5, 0.6) is 0 Å². The molecular formula is C20H19N3O. The first-order valence-electron chi connectivity index (χ1n) is 8.61. The lowest BCUT2D eigenvalue weighted by Crippen LogP contribution is -2.36. The summed E-state index contributed by atoms with van der Waals surface area (Å²) in [7, 11) is 0. The van der Waals surface area contributed by atoms with E-state index in [1.54, 1.807) is 0 Å². The van der Waals surface area contributed by atoms with Gasteiger partial charge in [0, 0.05) is 35.6 Å². The van der Waals surface area contributed by atoms with Crippen LogP contribution in [-0.2, 0) is 11.2 Å². The summed E-state index contributed by atoms with van der Waals surface area (Å²) in [6.45, 7) is 2.14. The molecule has 2 aromatic heterocycles. The molecule has 1 aliphatic carbocycles. The summed E-state index contributed by atoms with van der Waals surface area (Å²) in [5.74, 6) is 0.568. The van der Waals surface area contributed by atoms with Gasteiger partial charge in [0.25, 0.3) is 0 Å². The van der Waals surface area contributed by atoms with Crippen LogP contribution in [-0.4, -0.2) is 21.3 Å². The molecule has 0 N–H and O–H groups in total. The Morgan fingerprint density at radius 3 is 2.88 bits per heavy atom. The molecule has 1 aliphatic heterocycles. The van der Waals surface area contributed by atoms with E-state index in [9.17, 15) is 4.79 Å². The monoisotopic (exact) mass is 317 g/mol. The molecule has 1 amide bonds. The molecule has 0 bridgehead atoms. The number of aromatic nitrogens is 2. The van der Waals surface area contributed by atoms with Crippen molar-refractivity contribution in [1.82, 2.24) is 9.38 Å². The normalized spacial score (nSPS) is 19.7. The average Bonchev–Trinajstić information content (AvgIpc) is 3.26. The Labute approximate surface area is 140 Å². The lowest BCUT2D eigenvalue weighted by Gasteiger charge is -2.22. The fourth-order valence-corrected chi connectivity index (χ4v) is 3.73. The molecule has 24 heavy (non-hydrogen) atoms. The molecule has 3 aromatic rings. The predicted octanol–water partition coefficient (Wildman–Crippen LogP) is 3.69. The molecule has 120 valence electrons. The molecule has 0 unspecified atom stereocenters. The molecule has 1 atom stereocenters. The molecule has 1 fully saturated rings. The van der Waals surface area contributed by atoms with Crippen LogP contribution < -0.4 is 4.90 Å². The van der Waals surface area contributed by atoms with Crippen LogP contribution in [0.3, 0.4) is 0 Å². The maximum absolute atomic E-state index is 12.6. The lowest BCUT2D eigenvalue weighted by molar-refractivity contribution is -0.120. The van der Waals surface area contributed by atoms with E-state index in [2.05, 4.69) is 31.3 Å². The lowest BCUT2D eigenvalue weighted by atomic mass is 10.1. The van der Waals surface area contributed by atoms with Gasteiger partial charge in [0.1, 0.15) is 5.65 Å². The summed E-state index contributed by atoms with van der Waals surface area (Å²) in [6.07, 6.45) is 7.10. The summed E-state index contributed by atoms with van der Waals surface area (Å²) in [5.41, 5.74) is 5.39. The van der Waals surface area contributed by atoms with Crippen LogP contribution in [0, 0.1) is 5.92 Å². The van der Waals surface area contributed by atoms with E-state index in [-0.39, 0.29) is 12.0 Å². The zero-order chi connectivity index (χ0) is 16.3. The number of pyridine rings is 1. The number of hydrogen-bond acceptors (Lipinski definition) is 2. The van der Waals surface area contributed by atoms with E-state index in [1.165, 1.54) is 5.56 Å². The Morgan fingerprint density at radius 2 is 2.08 bits per heavy atom.